The van der Waals surface area contributed by atoms with Crippen LogP contribution in [-0.2, 0) is 8.85 Å². The summed E-state index contributed by atoms with van der Waals surface area (Å²) in [7, 11) is -1.91. The van der Waals surface area contributed by atoms with Crippen molar-refractivity contribution in [3.63, 3.8) is 0 Å². The fourth-order valence-electron chi connectivity index (χ4n) is 1.20. The van der Waals surface area contributed by atoms with Crippen LogP contribution in [0.15, 0.2) is 0 Å². The topological polar surface area (TPSA) is 18.5 Å². The molecule has 0 aliphatic carbocycles. The van der Waals surface area contributed by atoms with Crippen LogP contribution in [0.5, 0.6) is 0 Å². The molecular weight excluding hydrogens is 228 g/mol. The fraction of sp³-hybridized carbons (Fsp3) is 1.00. The third-order valence-electron chi connectivity index (χ3n) is 2.11. The molecule has 0 heterocycles. The van der Waals surface area contributed by atoms with E-state index in [2.05, 4.69) is 20.0 Å². The molecule has 0 aromatic carbocycles. The lowest BCUT2D eigenvalue weighted by molar-refractivity contribution is 0.177. The lowest BCUT2D eigenvalue weighted by Gasteiger charge is -2.23. The molecule has 0 aromatic rings. The van der Waals surface area contributed by atoms with Crippen LogP contribution in [0.25, 0.3) is 0 Å². The number of halogens is 1. The molecule has 0 aliphatic rings. The first-order chi connectivity index (χ1) is 6.98. The zero-order valence-corrected chi connectivity index (χ0v) is 12.3. The summed E-state index contributed by atoms with van der Waals surface area (Å²) in [6.07, 6.45) is 4.96. The molecule has 15 heavy (non-hydrogen) atoms. The number of unbranched alkanes of at least 4 members (excludes halogenated alkanes) is 3. The molecule has 1 unspecified atom stereocenters. The van der Waals surface area contributed by atoms with Gasteiger partial charge < -0.3 is 8.85 Å². The van der Waals surface area contributed by atoms with Gasteiger partial charge >= 0.3 is 8.56 Å². The van der Waals surface area contributed by atoms with Crippen molar-refractivity contribution >= 4 is 20.2 Å². The summed E-state index contributed by atoms with van der Waals surface area (Å²) in [6, 6.07) is 0. The summed E-state index contributed by atoms with van der Waals surface area (Å²) in [4.78, 5) is 0. The van der Waals surface area contributed by atoms with E-state index in [0.29, 0.717) is 6.61 Å². The quantitative estimate of drug-likeness (QED) is 0.352. The molecule has 0 spiro atoms. The van der Waals surface area contributed by atoms with Crippen molar-refractivity contribution in [2.45, 2.75) is 58.0 Å². The van der Waals surface area contributed by atoms with Gasteiger partial charge in [-0.3, -0.25) is 0 Å². The Morgan fingerprint density at radius 3 is 2.33 bits per heavy atom. The van der Waals surface area contributed by atoms with Crippen LogP contribution < -0.4 is 0 Å². The molecule has 0 radical (unpaired) electrons. The van der Waals surface area contributed by atoms with Crippen molar-refractivity contribution in [3.05, 3.63) is 0 Å². The van der Waals surface area contributed by atoms with Crippen molar-refractivity contribution in [2.75, 3.05) is 13.2 Å². The molecule has 4 heteroatoms. The van der Waals surface area contributed by atoms with Crippen LogP contribution >= 0.6 is 11.6 Å². The lowest BCUT2D eigenvalue weighted by atomic mass is 10.2. The van der Waals surface area contributed by atoms with Gasteiger partial charge in [-0.15, -0.1) is 11.6 Å². The third kappa shape index (κ3) is 10.7. The Labute approximate surface area is 101 Å². The minimum Gasteiger partial charge on any atom is -0.395 e. The Balaban J connectivity index is 3.46. The smallest absolute Gasteiger partial charge is 0.331 e. The number of rotatable bonds is 9. The molecule has 0 aliphatic heterocycles. The highest BCUT2D eigenvalue weighted by Crippen LogP contribution is 2.10. The summed E-state index contributed by atoms with van der Waals surface area (Å²) in [5.74, 6) is 0. The molecule has 0 fully saturated rings. The number of alkyl halides is 1. The highest BCUT2D eigenvalue weighted by atomic mass is 35.5. The fourth-order valence-corrected chi connectivity index (χ4v) is 2.74. The van der Waals surface area contributed by atoms with Crippen molar-refractivity contribution < 1.29 is 8.85 Å². The van der Waals surface area contributed by atoms with Crippen LogP contribution in [0.1, 0.15) is 39.5 Å². The zero-order valence-electron chi connectivity index (χ0n) is 10.5. The molecule has 0 aromatic heterocycles. The molecular formula is C11H25ClO2Si. The van der Waals surface area contributed by atoms with E-state index in [0.717, 1.165) is 13.0 Å². The Kier molecular flexibility index (Phi) is 8.81. The zero-order chi connectivity index (χ0) is 11.7. The second-order valence-corrected chi connectivity index (χ2v) is 8.52. The van der Waals surface area contributed by atoms with Crippen LogP contribution in [0.2, 0.25) is 13.1 Å². The first kappa shape index (κ1) is 15.4. The number of hydrogen-bond acceptors (Lipinski definition) is 2. The normalized spacial score (nSPS) is 14.2. The maximum absolute atomic E-state index is 5.83. The molecule has 0 amide bonds. The average molecular weight is 253 g/mol. The van der Waals surface area contributed by atoms with Gasteiger partial charge in [0.15, 0.2) is 0 Å². The summed E-state index contributed by atoms with van der Waals surface area (Å²) in [5.41, 5.74) is 0. The van der Waals surface area contributed by atoms with Gasteiger partial charge in [-0.05, 0) is 26.4 Å². The minimum absolute atomic E-state index is 0.0699. The second kappa shape index (κ2) is 8.56. The molecule has 92 valence electrons. The van der Waals surface area contributed by atoms with E-state index in [1.165, 1.54) is 19.3 Å². The highest BCUT2D eigenvalue weighted by molar-refractivity contribution is 6.64. The van der Waals surface area contributed by atoms with Crippen LogP contribution in [0.4, 0.5) is 0 Å². The molecule has 2 nitrogen and oxygen atoms in total. The van der Waals surface area contributed by atoms with Crippen LogP contribution in [-0.4, -0.2) is 27.2 Å². The predicted molar refractivity (Wildman–Crippen MR) is 68.8 cm³/mol. The van der Waals surface area contributed by atoms with Gasteiger partial charge in [-0.25, -0.2) is 0 Å². The highest BCUT2D eigenvalue weighted by Gasteiger charge is 2.24. The summed E-state index contributed by atoms with van der Waals surface area (Å²) in [5, 5.41) is 0.0699. The van der Waals surface area contributed by atoms with E-state index in [1.807, 2.05) is 6.92 Å². The van der Waals surface area contributed by atoms with Gasteiger partial charge in [0.05, 0.1) is 12.0 Å². The second-order valence-electron chi connectivity index (χ2n) is 4.40. The maximum Gasteiger partial charge on any atom is 0.331 e. The Bertz CT molecular complexity index is 152. The Hall–Kier alpha value is 0.427. The van der Waals surface area contributed by atoms with E-state index in [4.69, 9.17) is 20.5 Å². The van der Waals surface area contributed by atoms with Gasteiger partial charge in [0.1, 0.15) is 0 Å². The Morgan fingerprint density at radius 1 is 1.13 bits per heavy atom. The summed E-state index contributed by atoms with van der Waals surface area (Å²) < 4.78 is 11.5. The molecule has 0 rings (SSSR count). The van der Waals surface area contributed by atoms with E-state index < -0.39 is 8.56 Å². The first-order valence-electron chi connectivity index (χ1n) is 5.90. The average Bonchev–Trinajstić information content (AvgIpc) is 2.15. The molecule has 0 N–H and O–H groups in total. The van der Waals surface area contributed by atoms with E-state index >= 15 is 0 Å². The van der Waals surface area contributed by atoms with Crippen molar-refractivity contribution in [1.29, 1.82) is 0 Å². The van der Waals surface area contributed by atoms with Crippen LogP contribution in [0.3, 0.4) is 0 Å². The van der Waals surface area contributed by atoms with E-state index in [9.17, 15) is 0 Å². The van der Waals surface area contributed by atoms with Crippen molar-refractivity contribution in [3.8, 4) is 0 Å². The molecule has 0 bridgehead atoms. The maximum atomic E-state index is 5.83. The van der Waals surface area contributed by atoms with Gasteiger partial charge in [0.25, 0.3) is 0 Å². The molecule has 0 saturated carbocycles. The van der Waals surface area contributed by atoms with E-state index in [1.54, 1.807) is 0 Å². The van der Waals surface area contributed by atoms with Crippen molar-refractivity contribution in [1.82, 2.24) is 0 Å². The van der Waals surface area contributed by atoms with Crippen molar-refractivity contribution in [2.24, 2.45) is 0 Å². The molecule has 0 saturated heterocycles. The SMILES string of the molecule is CCCCCCO[Si](C)(C)OCC(C)Cl. The minimum atomic E-state index is -1.91. The standard InChI is InChI=1S/C11H25ClO2Si/c1-5-6-7-8-9-13-15(3,4)14-10-11(2)12/h11H,5-10H2,1-4H3. The van der Waals surface area contributed by atoms with Gasteiger partial charge in [-0.2, -0.15) is 0 Å². The third-order valence-corrected chi connectivity index (χ3v) is 4.00. The monoisotopic (exact) mass is 252 g/mol. The first-order valence-corrected chi connectivity index (χ1v) is 9.15. The van der Waals surface area contributed by atoms with E-state index in [-0.39, 0.29) is 5.38 Å². The van der Waals surface area contributed by atoms with Gasteiger partial charge in [-0.1, -0.05) is 26.2 Å². The van der Waals surface area contributed by atoms with Gasteiger partial charge in [0, 0.05) is 6.61 Å². The predicted octanol–water partition coefficient (Wildman–Crippen LogP) is 3.93. The molecule has 1 atom stereocenters. The largest absolute Gasteiger partial charge is 0.395 e. The Morgan fingerprint density at radius 2 is 1.80 bits per heavy atom. The van der Waals surface area contributed by atoms with Gasteiger partial charge in [0.2, 0.25) is 0 Å². The summed E-state index contributed by atoms with van der Waals surface area (Å²) >= 11 is 5.83. The summed E-state index contributed by atoms with van der Waals surface area (Å²) in [6.45, 7) is 9.72. The number of hydrogen-bond donors (Lipinski definition) is 0. The lowest BCUT2D eigenvalue weighted by Crippen LogP contribution is -2.36. The van der Waals surface area contributed by atoms with Crippen LogP contribution in [0, 0.1) is 0 Å².